The highest BCUT2D eigenvalue weighted by molar-refractivity contribution is 7.12. The van der Waals surface area contributed by atoms with E-state index in [1.54, 1.807) is 0 Å². The van der Waals surface area contributed by atoms with E-state index < -0.39 is 6.03 Å². The topological polar surface area (TPSA) is 67.2 Å². The van der Waals surface area contributed by atoms with Gasteiger partial charge < -0.3 is 16.4 Å². The molecular weight excluding hydrogens is 258 g/mol. The number of urea groups is 1. The van der Waals surface area contributed by atoms with E-state index in [9.17, 15) is 4.79 Å². The summed E-state index contributed by atoms with van der Waals surface area (Å²) in [6.45, 7) is 5.05. The molecule has 5 heteroatoms. The summed E-state index contributed by atoms with van der Waals surface area (Å²) in [5.74, 6) is 0. The number of carbonyl (C=O) groups excluding carboxylic acids is 1. The molecule has 100 valence electrons. The molecule has 0 saturated carbocycles. The fourth-order valence-corrected chi connectivity index (χ4v) is 2.82. The monoisotopic (exact) mass is 275 g/mol. The summed E-state index contributed by atoms with van der Waals surface area (Å²) < 4.78 is 0. The maximum atomic E-state index is 10.7. The number of hydrogen-bond acceptors (Lipinski definition) is 3. The van der Waals surface area contributed by atoms with E-state index in [0.29, 0.717) is 5.69 Å². The highest BCUT2D eigenvalue weighted by Crippen LogP contribution is 2.22. The number of amides is 2. The van der Waals surface area contributed by atoms with Crippen molar-refractivity contribution in [1.82, 2.24) is 0 Å². The Morgan fingerprint density at radius 2 is 1.84 bits per heavy atom. The number of nitrogens with two attached hydrogens (primary N) is 1. The van der Waals surface area contributed by atoms with Crippen LogP contribution in [0.15, 0.2) is 30.3 Å². The predicted molar refractivity (Wildman–Crippen MR) is 80.8 cm³/mol. The third-order valence-electron chi connectivity index (χ3n) is 2.78. The Morgan fingerprint density at radius 3 is 2.37 bits per heavy atom. The predicted octanol–water partition coefficient (Wildman–Crippen LogP) is 3.47. The van der Waals surface area contributed by atoms with E-state index in [0.717, 1.165) is 12.2 Å². The van der Waals surface area contributed by atoms with E-state index in [-0.39, 0.29) is 0 Å². The number of primary amides is 1. The number of anilines is 2. The molecule has 2 aromatic rings. The van der Waals surface area contributed by atoms with Crippen LogP contribution in [0.5, 0.6) is 0 Å². The zero-order chi connectivity index (χ0) is 13.8. The molecule has 1 aromatic heterocycles. The zero-order valence-electron chi connectivity index (χ0n) is 11.0. The second kappa shape index (κ2) is 5.75. The molecule has 2 rings (SSSR count). The van der Waals surface area contributed by atoms with Gasteiger partial charge in [0, 0.05) is 27.7 Å². The number of benzene rings is 1. The fourth-order valence-electron chi connectivity index (χ4n) is 1.87. The van der Waals surface area contributed by atoms with Crippen molar-refractivity contribution in [2.45, 2.75) is 20.4 Å². The molecule has 2 amide bonds. The first-order valence-electron chi connectivity index (χ1n) is 6.01. The molecule has 0 saturated heterocycles. The Morgan fingerprint density at radius 1 is 1.21 bits per heavy atom. The van der Waals surface area contributed by atoms with Gasteiger partial charge in [0.2, 0.25) is 0 Å². The molecule has 0 unspecified atom stereocenters. The molecule has 0 aliphatic rings. The summed E-state index contributed by atoms with van der Waals surface area (Å²) >= 11 is 1.81. The molecule has 0 bridgehead atoms. The van der Waals surface area contributed by atoms with Crippen LogP contribution in [0.3, 0.4) is 0 Å². The van der Waals surface area contributed by atoms with Crippen LogP contribution in [0.2, 0.25) is 0 Å². The summed E-state index contributed by atoms with van der Waals surface area (Å²) in [5.41, 5.74) is 8.08. The Kier molecular flexibility index (Phi) is 4.06. The van der Waals surface area contributed by atoms with Gasteiger partial charge >= 0.3 is 6.03 Å². The quantitative estimate of drug-likeness (QED) is 0.799. The second-order valence-corrected chi connectivity index (χ2v) is 5.82. The maximum absolute atomic E-state index is 10.7. The lowest BCUT2D eigenvalue weighted by Crippen LogP contribution is -2.19. The zero-order valence-corrected chi connectivity index (χ0v) is 11.8. The fraction of sp³-hybridized carbons (Fsp3) is 0.214. The second-order valence-electron chi connectivity index (χ2n) is 4.36. The normalized spacial score (nSPS) is 10.2. The average molecular weight is 275 g/mol. The summed E-state index contributed by atoms with van der Waals surface area (Å²) in [7, 11) is 0. The van der Waals surface area contributed by atoms with Gasteiger partial charge in [0.05, 0.1) is 0 Å². The molecule has 0 atom stereocenters. The number of hydrogen-bond donors (Lipinski definition) is 3. The number of rotatable bonds is 4. The summed E-state index contributed by atoms with van der Waals surface area (Å²) in [6, 6.07) is 9.12. The number of thiophene rings is 1. The van der Waals surface area contributed by atoms with Gasteiger partial charge in [0.25, 0.3) is 0 Å². The number of nitrogens with one attached hydrogen (secondary N) is 2. The molecule has 0 spiro atoms. The minimum Gasteiger partial charge on any atom is -0.381 e. The Bertz CT molecular complexity index is 575. The Hall–Kier alpha value is -2.01. The third kappa shape index (κ3) is 3.72. The standard InChI is InChI=1S/C14H17N3OS/c1-9-7-11(10(2)19-9)8-16-12-3-5-13(6-4-12)17-14(15)18/h3-7,16H,8H2,1-2H3,(H3,15,17,18). The minimum absolute atomic E-state index is 0.551. The first-order chi connectivity index (χ1) is 9.04. The minimum atomic E-state index is -0.551. The maximum Gasteiger partial charge on any atom is 0.316 e. The van der Waals surface area contributed by atoms with Crippen molar-refractivity contribution >= 4 is 28.7 Å². The van der Waals surface area contributed by atoms with Crippen molar-refractivity contribution in [2.24, 2.45) is 5.73 Å². The van der Waals surface area contributed by atoms with Crippen molar-refractivity contribution in [2.75, 3.05) is 10.6 Å². The van der Waals surface area contributed by atoms with Crippen LogP contribution in [0.4, 0.5) is 16.2 Å². The van der Waals surface area contributed by atoms with Crippen molar-refractivity contribution in [3.8, 4) is 0 Å². The lowest BCUT2D eigenvalue weighted by atomic mass is 10.2. The summed E-state index contributed by atoms with van der Waals surface area (Å²) in [6.07, 6.45) is 0. The molecule has 1 aromatic carbocycles. The van der Waals surface area contributed by atoms with Crippen LogP contribution in [-0.4, -0.2) is 6.03 Å². The van der Waals surface area contributed by atoms with E-state index in [1.165, 1.54) is 15.3 Å². The smallest absolute Gasteiger partial charge is 0.316 e. The summed E-state index contributed by atoms with van der Waals surface area (Å²) in [4.78, 5) is 13.4. The van der Waals surface area contributed by atoms with Crippen LogP contribution in [0.1, 0.15) is 15.3 Å². The van der Waals surface area contributed by atoms with Gasteiger partial charge in [-0.1, -0.05) is 0 Å². The van der Waals surface area contributed by atoms with Crippen LogP contribution < -0.4 is 16.4 Å². The van der Waals surface area contributed by atoms with Crippen molar-refractivity contribution in [3.63, 3.8) is 0 Å². The van der Waals surface area contributed by atoms with Gasteiger partial charge in [-0.3, -0.25) is 0 Å². The van der Waals surface area contributed by atoms with Gasteiger partial charge in [0.15, 0.2) is 0 Å². The highest BCUT2D eigenvalue weighted by Gasteiger charge is 2.02. The number of carbonyl (C=O) groups is 1. The van der Waals surface area contributed by atoms with E-state index >= 15 is 0 Å². The molecule has 0 fully saturated rings. The molecular formula is C14H17N3OS. The Balaban J connectivity index is 1.96. The molecule has 4 nitrogen and oxygen atoms in total. The van der Waals surface area contributed by atoms with Crippen LogP contribution in [0, 0.1) is 13.8 Å². The number of aryl methyl sites for hydroxylation is 2. The van der Waals surface area contributed by atoms with Gasteiger partial charge in [-0.15, -0.1) is 11.3 Å². The Labute approximate surface area is 116 Å². The molecule has 19 heavy (non-hydrogen) atoms. The third-order valence-corrected chi connectivity index (χ3v) is 3.79. The van der Waals surface area contributed by atoms with Crippen molar-refractivity contribution in [3.05, 3.63) is 45.6 Å². The van der Waals surface area contributed by atoms with Crippen LogP contribution in [0.25, 0.3) is 0 Å². The molecule has 0 aliphatic carbocycles. The van der Waals surface area contributed by atoms with Gasteiger partial charge in [-0.2, -0.15) is 0 Å². The first kappa shape index (κ1) is 13.4. The summed E-state index contributed by atoms with van der Waals surface area (Å²) in [5, 5.41) is 5.89. The van der Waals surface area contributed by atoms with E-state index in [4.69, 9.17) is 5.73 Å². The molecule has 4 N–H and O–H groups in total. The van der Waals surface area contributed by atoms with Crippen LogP contribution in [-0.2, 0) is 6.54 Å². The average Bonchev–Trinajstić information content (AvgIpc) is 2.66. The lowest BCUT2D eigenvalue weighted by Gasteiger charge is -2.07. The van der Waals surface area contributed by atoms with Gasteiger partial charge in [-0.05, 0) is 49.7 Å². The molecule has 0 aliphatic heterocycles. The van der Waals surface area contributed by atoms with Crippen LogP contribution >= 0.6 is 11.3 Å². The largest absolute Gasteiger partial charge is 0.381 e. The van der Waals surface area contributed by atoms with Gasteiger partial charge in [-0.25, -0.2) is 4.79 Å². The lowest BCUT2D eigenvalue weighted by molar-refractivity contribution is 0.259. The van der Waals surface area contributed by atoms with Gasteiger partial charge in [0.1, 0.15) is 0 Å². The molecule has 0 radical (unpaired) electrons. The van der Waals surface area contributed by atoms with Crippen molar-refractivity contribution < 1.29 is 4.79 Å². The first-order valence-corrected chi connectivity index (χ1v) is 6.82. The van der Waals surface area contributed by atoms with Crippen molar-refractivity contribution in [1.29, 1.82) is 0 Å². The SMILES string of the molecule is Cc1cc(CNc2ccc(NC(N)=O)cc2)c(C)s1. The van der Waals surface area contributed by atoms with E-state index in [1.807, 2.05) is 35.6 Å². The molecule has 1 heterocycles. The van der Waals surface area contributed by atoms with E-state index in [2.05, 4.69) is 30.5 Å². The highest BCUT2D eigenvalue weighted by atomic mass is 32.1.